The number of rotatable bonds is 3. The Morgan fingerprint density at radius 3 is 3.00 bits per heavy atom. The molecule has 2 N–H and O–H groups in total. The van der Waals surface area contributed by atoms with Crippen LogP contribution in [0.2, 0.25) is 0 Å². The molecule has 1 heterocycles. The van der Waals surface area contributed by atoms with Crippen LogP contribution in [0.25, 0.3) is 0 Å². The second-order valence-corrected chi connectivity index (χ2v) is 5.99. The van der Waals surface area contributed by atoms with Gasteiger partial charge in [-0.05, 0) is 25.2 Å². The summed E-state index contributed by atoms with van der Waals surface area (Å²) in [7, 11) is 0. The highest BCUT2D eigenvalue weighted by Crippen LogP contribution is 2.38. The Bertz CT molecular complexity index is 488. The average Bonchev–Trinajstić information content (AvgIpc) is 2.28. The second kappa shape index (κ2) is 5.56. The first-order valence-electron chi connectivity index (χ1n) is 6.01. The van der Waals surface area contributed by atoms with Crippen molar-refractivity contribution in [1.82, 2.24) is 9.97 Å². The Morgan fingerprint density at radius 1 is 1.56 bits per heavy atom. The molecule has 1 aromatic rings. The van der Waals surface area contributed by atoms with E-state index in [1.165, 1.54) is 24.0 Å². The third kappa shape index (κ3) is 3.13. The number of hydrogen-bond donors (Lipinski definition) is 2. The SMILES string of the molecule is CC1CCC(C(=O)O)C(Sc2nccc(=O)[nH]2)C1. The minimum atomic E-state index is -0.752. The molecule has 2 rings (SSSR count). The topological polar surface area (TPSA) is 83.0 Å². The molecule has 1 fully saturated rings. The summed E-state index contributed by atoms with van der Waals surface area (Å²) in [6, 6.07) is 1.35. The van der Waals surface area contributed by atoms with E-state index in [1.807, 2.05) is 0 Å². The van der Waals surface area contributed by atoms with Gasteiger partial charge in [0, 0.05) is 17.5 Å². The van der Waals surface area contributed by atoms with Crippen molar-refractivity contribution >= 4 is 17.7 Å². The third-order valence-electron chi connectivity index (χ3n) is 3.28. The van der Waals surface area contributed by atoms with E-state index in [0.717, 1.165) is 12.8 Å². The van der Waals surface area contributed by atoms with E-state index in [9.17, 15) is 14.7 Å². The Kier molecular flexibility index (Phi) is 4.06. The fraction of sp³-hybridized carbons (Fsp3) is 0.583. The largest absolute Gasteiger partial charge is 0.481 e. The quantitative estimate of drug-likeness (QED) is 0.816. The minimum Gasteiger partial charge on any atom is -0.481 e. The summed E-state index contributed by atoms with van der Waals surface area (Å²) in [6.07, 6.45) is 3.95. The highest BCUT2D eigenvalue weighted by atomic mass is 32.2. The van der Waals surface area contributed by atoms with Crippen LogP contribution in [0.4, 0.5) is 0 Å². The number of H-pyrrole nitrogens is 1. The predicted octanol–water partition coefficient (Wildman–Crippen LogP) is 1.75. The molecule has 0 aromatic carbocycles. The Balaban J connectivity index is 2.13. The first-order valence-corrected chi connectivity index (χ1v) is 6.89. The summed E-state index contributed by atoms with van der Waals surface area (Å²) in [5.74, 6) is -0.581. The highest BCUT2D eigenvalue weighted by Gasteiger charge is 2.34. The van der Waals surface area contributed by atoms with Crippen molar-refractivity contribution in [3.8, 4) is 0 Å². The Hall–Kier alpha value is -1.30. The molecular formula is C12H16N2O3S. The number of hydrogen-bond acceptors (Lipinski definition) is 4. The lowest BCUT2D eigenvalue weighted by Crippen LogP contribution is -2.32. The Labute approximate surface area is 109 Å². The van der Waals surface area contributed by atoms with E-state index in [4.69, 9.17) is 0 Å². The molecule has 0 spiro atoms. The number of aromatic amines is 1. The average molecular weight is 268 g/mol. The van der Waals surface area contributed by atoms with Crippen LogP contribution in [0.1, 0.15) is 26.2 Å². The van der Waals surface area contributed by atoms with Gasteiger partial charge in [0.1, 0.15) is 0 Å². The summed E-state index contributed by atoms with van der Waals surface area (Å²) in [6.45, 7) is 2.13. The standard InChI is InChI=1S/C12H16N2O3S/c1-7-2-3-8(11(16)17)9(6-7)18-12-13-5-4-10(15)14-12/h4-5,7-9H,2-3,6H2,1H3,(H,16,17)(H,13,14,15). The molecule has 0 bridgehead atoms. The van der Waals surface area contributed by atoms with Crippen LogP contribution >= 0.6 is 11.8 Å². The Morgan fingerprint density at radius 2 is 2.33 bits per heavy atom. The van der Waals surface area contributed by atoms with Crippen molar-refractivity contribution in [3.05, 3.63) is 22.6 Å². The van der Waals surface area contributed by atoms with Gasteiger partial charge in [-0.1, -0.05) is 18.7 Å². The number of carboxylic acids is 1. The monoisotopic (exact) mass is 268 g/mol. The van der Waals surface area contributed by atoms with Crippen molar-refractivity contribution < 1.29 is 9.90 Å². The molecule has 1 aromatic heterocycles. The lowest BCUT2D eigenvalue weighted by molar-refractivity contribution is -0.142. The third-order valence-corrected chi connectivity index (χ3v) is 4.54. The normalized spacial score (nSPS) is 27.9. The number of aliphatic carboxylic acids is 1. The van der Waals surface area contributed by atoms with E-state index < -0.39 is 5.97 Å². The van der Waals surface area contributed by atoms with Gasteiger partial charge in [0.2, 0.25) is 0 Å². The van der Waals surface area contributed by atoms with E-state index >= 15 is 0 Å². The van der Waals surface area contributed by atoms with Crippen molar-refractivity contribution in [1.29, 1.82) is 0 Å². The van der Waals surface area contributed by atoms with Gasteiger partial charge in [0.25, 0.3) is 5.56 Å². The van der Waals surface area contributed by atoms with Gasteiger partial charge in [0.05, 0.1) is 5.92 Å². The van der Waals surface area contributed by atoms with Gasteiger partial charge in [0.15, 0.2) is 5.16 Å². The van der Waals surface area contributed by atoms with Crippen molar-refractivity contribution in [2.24, 2.45) is 11.8 Å². The molecule has 0 radical (unpaired) electrons. The van der Waals surface area contributed by atoms with Gasteiger partial charge in [-0.2, -0.15) is 0 Å². The van der Waals surface area contributed by atoms with E-state index in [-0.39, 0.29) is 16.7 Å². The summed E-state index contributed by atoms with van der Waals surface area (Å²) in [4.78, 5) is 29.1. The van der Waals surface area contributed by atoms with Crippen LogP contribution in [0.3, 0.4) is 0 Å². The number of nitrogens with one attached hydrogen (secondary N) is 1. The smallest absolute Gasteiger partial charge is 0.307 e. The summed E-state index contributed by atoms with van der Waals surface area (Å²) < 4.78 is 0. The summed E-state index contributed by atoms with van der Waals surface area (Å²) >= 11 is 1.37. The maximum atomic E-state index is 11.2. The van der Waals surface area contributed by atoms with Crippen LogP contribution in [0.5, 0.6) is 0 Å². The van der Waals surface area contributed by atoms with Crippen molar-refractivity contribution in [2.45, 2.75) is 36.6 Å². The molecule has 1 aliphatic carbocycles. The maximum Gasteiger partial charge on any atom is 0.307 e. The van der Waals surface area contributed by atoms with Gasteiger partial charge in [-0.3, -0.25) is 9.59 Å². The van der Waals surface area contributed by atoms with E-state index in [1.54, 1.807) is 0 Å². The first kappa shape index (κ1) is 13.1. The van der Waals surface area contributed by atoms with Crippen LogP contribution in [0, 0.1) is 11.8 Å². The lowest BCUT2D eigenvalue weighted by Gasteiger charge is -2.31. The number of nitrogens with zero attached hydrogens (tertiary/aromatic N) is 1. The second-order valence-electron chi connectivity index (χ2n) is 4.76. The lowest BCUT2D eigenvalue weighted by atomic mass is 9.82. The molecular weight excluding hydrogens is 252 g/mol. The van der Waals surface area contributed by atoms with Crippen LogP contribution < -0.4 is 5.56 Å². The van der Waals surface area contributed by atoms with Crippen LogP contribution in [-0.2, 0) is 4.79 Å². The van der Waals surface area contributed by atoms with Crippen LogP contribution in [0.15, 0.2) is 22.2 Å². The fourth-order valence-corrected chi connectivity index (χ4v) is 3.71. The molecule has 0 amide bonds. The fourth-order valence-electron chi connectivity index (χ4n) is 2.30. The summed E-state index contributed by atoms with van der Waals surface area (Å²) in [5.41, 5.74) is -0.205. The number of aromatic nitrogens is 2. The predicted molar refractivity (Wildman–Crippen MR) is 68.6 cm³/mol. The van der Waals surface area contributed by atoms with Crippen molar-refractivity contribution in [2.75, 3.05) is 0 Å². The molecule has 6 heteroatoms. The minimum absolute atomic E-state index is 0.0169. The molecule has 1 saturated carbocycles. The number of carbonyl (C=O) groups is 1. The zero-order valence-corrected chi connectivity index (χ0v) is 10.9. The van der Waals surface area contributed by atoms with Gasteiger partial charge < -0.3 is 10.1 Å². The number of thioether (sulfide) groups is 1. The van der Waals surface area contributed by atoms with E-state index in [2.05, 4.69) is 16.9 Å². The molecule has 0 saturated heterocycles. The zero-order valence-electron chi connectivity index (χ0n) is 10.1. The molecule has 98 valence electrons. The van der Waals surface area contributed by atoms with Gasteiger partial charge in [-0.25, -0.2) is 4.98 Å². The van der Waals surface area contributed by atoms with E-state index in [0.29, 0.717) is 17.5 Å². The van der Waals surface area contributed by atoms with Gasteiger partial charge in [-0.15, -0.1) is 0 Å². The molecule has 3 atom stereocenters. The number of carboxylic acid groups (broad SMARTS) is 1. The maximum absolute atomic E-state index is 11.2. The van der Waals surface area contributed by atoms with Crippen molar-refractivity contribution in [3.63, 3.8) is 0 Å². The molecule has 18 heavy (non-hydrogen) atoms. The zero-order chi connectivity index (χ0) is 13.1. The molecule has 3 unspecified atom stereocenters. The molecule has 5 nitrogen and oxygen atoms in total. The molecule has 1 aliphatic rings. The van der Waals surface area contributed by atoms with Crippen LogP contribution in [-0.4, -0.2) is 26.3 Å². The molecule has 0 aliphatic heterocycles. The highest BCUT2D eigenvalue weighted by molar-refractivity contribution is 7.99. The van der Waals surface area contributed by atoms with Gasteiger partial charge >= 0.3 is 5.97 Å². The summed E-state index contributed by atoms with van der Waals surface area (Å²) in [5, 5.41) is 9.71. The first-order chi connectivity index (χ1) is 8.56.